The number of rotatable bonds is 4. The van der Waals surface area contributed by atoms with Crippen LogP contribution in [0.5, 0.6) is 0 Å². The molecule has 0 aromatic carbocycles. The fraction of sp³-hybridized carbons (Fsp3) is 0.357. The summed E-state index contributed by atoms with van der Waals surface area (Å²) in [6, 6.07) is 3.97. The normalized spacial score (nSPS) is 10.4. The highest BCUT2D eigenvalue weighted by Crippen LogP contribution is 2.22. The number of hydrogen-bond donors (Lipinski definition) is 1. The molecule has 0 radical (unpaired) electrons. The molecule has 0 aliphatic heterocycles. The van der Waals surface area contributed by atoms with Crippen molar-refractivity contribution < 1.29 is 0 Å². The second-order valence-corrected chi connectivity index (χ2v) is 4.30. The van der Waals surface area contributed by atoms with E-state index in [1.165, 1.54) is 5.56 Å². The first-order valence-electron chi connectivity index (χ1n) is 6.21. The lowest BCUT2D eigenvalue weighted by Gasteiger charge is -2.09. The predicted octanol–water partition coefficient (Wildman–Crippen LogP) is 2.98. The molecule has 2 heterocycles. The average Bonchev–Trinajstić information content (AvgIpc) is 2.36. The lowest BCUT2D eigenvalue weighted by atomic mass is 10.1. The van der Waals surface area contributed by atoms with Crippen molar-refractivity contribution in [2.24, 2.45) is 0 Å². The van der Waals surface area contributed by atoms with E-state index in [2.05, 4.69) is 34.1 Å². The number of anilines is 1. The van der Waals surface area contributed by atoms with E-state index in [1.54, 1.807) is 6.20 Å². The van der Waals surface area contributed by atoms with E-state index in [1.807, 2.05) is 25.3 Å². The SMILES string of the molecule is CCCNc1cc(-c2cnccc2C)nc(C)n1. The Morgan fingerprint density at radius 1 is 1.22 bits per heavy atom. The topological polar surface area (TPSA) is 50.7 Å². The first-order chi connectivity index (χ1) is 8.70. The molecule has 0 aliphatic rings. The standard InChI is InChI=1S/C14H18N4/c1-4-6-16-14-8-13(17-11(3)18-14)12-9-15-7-5-10(12)2/h5,7-9H,4,6H2,1-3H3,(H,16,17,18). The molecule has 0 saturated heterocycles. The molecule has 0 spiro atoms. The van der Waals surface area contributed by atoms with Gasteiger partial charge in [0.05, 0.1) is 5.69 Å². The minimum Gasteiger partial charge on any atom is -0.370 e. The Morgan fingerprint density at radius 2 is 2.06 bits per heavy atom. The van der Waals surface area contributed by atoms with Crippen molar-refractivity contribution in [1.29, 1.82) is 0 Å². The van der Waals surface area contributed by atoms with Crippen molar-refractivity contribution >= 4 is 5.82 Å². The van der Waals surface area contributed by atoms with E-state index in [9.17, 15) is 0 Å². The van der Waals surface area contributed by atoms with Gasteiger partial charge in [-0.05, 0) is 31.9 Å². The summed E-state index contributed by atoms with van der Waals surface area (Å²) in [5.41, 5.74) is 3.15. The van der Waals surface area contributed by atoms with Crippen molar-refractivity contribution in [2.45, 2.75) is 27.2 Å². The monoisotopic (exact) mass is 242 g/mol. The van der Waals surface area contributed by atoms with Gasteiger partial charge in [0.25, 0.3) is 0 Å². The van der Waals surface area contributed by atoms with E-state index in [4.69, 9.17) is 0 Å². The van der Waals surface area contributed by atoms with Crippen LogP contribution in [0.3, 0.4) is 0 Å². The van der Waals surface area contributed by atoms with Gasteiger partial charge in [0, 0.05) is 30.6 Å². The molecule has 0 bridgehead atoms. The van der Waals surface area contributed by atoms with Crippen molar-refractivity contribution in [1.82, 2.24) is 15.0 Å². The van der Waals surface area contributed by atoms with Crippen LogP contribution in [0.2, 0.25) is 0 Å². The van der Waals surface area contributed by atoms with Crippen molar-refractivity contribution in [3.8, 4) is 11.3 Å². The molecule has 2 rings (SSSR count). The molecule has 18 heavy (non-hydrogen) atoms. The van der Waals surface area contributed by atoms with Crippen LogP contribution in [0.25, 0.3) is 11.3 Å². The van der Waals surface area contributed by atoms with E-state index in [0.717, 1.165) is 35.9 Å². The molecular weight excluding hydrogens is 224 g/mol. The third kappa shape index (κ3) is 2.83. The smallest absolute Gasteiger partial charge is 0.130 e. The maximum atomic E-state index is 4.48. The molecule has 2 aromatic heterocycles. The van der Waals surface area contributed by atoms with Gasteiger partial charge in [0.15, 0.2) is 0 Å². The second kappa shape index (κ2) is 5.58. The summed E-state index contributed by atoms with van der Waals surface area (Å²) in [6.07, 6.45) is 4.72. The van der Waals surface area contributed by atoms with Gasteiger partial charge in [-0.15, -0.1) is 0 Å². The average molecular weight is 242 g/mol. The van der Waals surface area contributed by atoms with Gasteiger partial charge in [-0.3, -0.25) is 4.98 Å². The maximum absolute atomic E-state index is 4.48. The molecule has 0 saturated carbocycles. The third-order valence-corrected chi connectivity index (χ3v) is 2.71. The van der Waals surface area contributed by atoms with Gasteiger partial charge in [-0.2, -0.15) is 0 Å². The molecule has 94 valence electrons. The fourth-order valence-corrected chi connectivity index (χ4v) is 1.78. The highest BCUT2D eigenvalue weighted by Gasteiger charge is 2.06. The highest BCUT2D eigenvalue weighted by molar-refractivity contribution is 5.64. The Labute approximate surface area is 108 Å². The molecule has 0 aliphatic carbocycles. The molecule has 0 fully saturated rings. The van der Waals surface area contributed by atoms with Crippen LogP contribution in [0, 0.1) is 13.8 Å². The van der Waals surface area contributed by atoms with Crippen LogP contribution in [0.1, 0.15) is 24.7 Å². The van der Waals surface area contributed by atoms with E-state index >= 15 is 0 Å². The Balaban J connectivity index is 2.39. The molecular formula is C14H18N4. The number of pyridine rings is 1. The van der Waals surface area contributed by atoms with Crippen LogP contribution >= 0.6 is 0 Å². The lowest BCUT2D eigenvalue weighted by Crippen LogP contribution is -2.04. The quantitative estimate of drug-likeness (QED) is 0.895. The zero-order valence-electron chi connectivity index (χ0n) is 11.1. The molecule has 1 N–H and O–H groups in total. The molecule has 0 amide bonds. The van der Waals surface area contributed by atoms with Crippen LogP contribution in [-0.4, -0.2) is 21.5 Å². The second-order valence-electron chi connectivity index (χ2n) is 4.30. The summed E-state index contributed by atoms with van der Waals surface area (Å²) in [4.78, 5) is 13.0. The lowest BCUT2D eigenvalue weighted by molar-refractivity contribution is 0.955. The Bertz CT molecular complexity index is 537. The van der Waals surface area contributed by atoms with E-state index in [0.29, 0.717) is 0 Å². The van der Waals surface area contributed by atoms with Gasteiger partial charge in [0.1, 0.15) is 11.6 Å². The molecule has 4 heteroatoms. The summed E-state index contributed by atoms with van der Waals surface area (Å²) in [6.45, 7) is 7.02. The summed E-state index contributed by atoms with van der Waals surface area (Å²) >= 11 is 0. The van der Waals surface area contributed by atoms with Gasteiger partial charge in [-0.1, -0.05) is 6.92 Å². The van der Waals surface area contributed by atoms with Crippen molar-refractivity contribution in [2.75, 3.05) is 11.9 Å². The first-order valence-corrected chi connectivity index (χ1v) is 6.21. The number of nitrogens with zero attached hydrogens (tertiary/aromatic N) is 3. The Hall–Kier alpha value is -1.97. The predicted molar refractivity (Wildman–Crippen MR) is 73.5 cm³/mol. The Morgan fingerprint density at radius 3 is 2.78 bits per heavy atom. The van der Waals surface area contributed by atoms with Crippen LogP contribution < -0.4 is 5.32 Å². The van der Waals surface area contributed by atoms with Crippen molar-refractivity contribution in [3.05, 3.63) is 35.9 Å². The summed E-state index contributed by atoms with van der Waals surface area (Å²) in [5.74, 6) is 1.65. The largest absolute Gasteiger partial charge is 0.370 e. The zero-order chi connectivity index (χ0) is 13.0. The van der Waals surface area contributed by atoms with Gasteiger partial charge in [-0.25, -0.2) is 9.97 Å². The van der Waals surface area contributed by atoms with Crippen LogP contribution in [-0.2, 0) is 0 Å². The Kier molecular flexibility index (Phi) is 3.87. The summed E-state index contributed by atoms with van der Waals surface area (Å²) in [7, 11) is 0. The first kappa shape index (κ1) is 12.5. The third-order valence-electron chi connectivity index (χ3n) is 2.71. The number of hydrogen-bond acceptors (Lipinski definition) is 4. The van der Waals surface area contributed by atoms with Gasteiger partial charge < -0.3 is 5.32 Å². The van der Waals surface area contributed by atoms with Gasteiger partial charge >= 0.3 is 0 Å². The van der Waals surface area contributed by atoms with Crippen LogP contribution in [0.4, 0.5) is 5.82 Å². The minimum atomic E-state index is 0.773. The highest BCUT2D eigenvalue weighted by atomic mass is 15.0. The number of aromatic nitrogens is 3. The van der Waals surface area contributed by atoms with E-state index in [-0.39, 0.29) is 0 Å². The number of aryl methyl sites for hydroxylation is 2. The zero-order valence-corrected chi connectivity index (χ0v) is 11.1. The van der Waals surface area contributed by atoms with Gasteiger partial charge in [0.2, 0.25) is 0 Å². The van der Waals surface area contributed by atoms with E-state index < -0.39 is 0 Å². The molecule has 4 nitrogen and oxygen atoms in total. The van der Waals surface area contributed by atoms with Crippen LogP contribution in [0.15, 0.2) is 24.5 Å². The molecule has 2 aromatic rings. The van der Waals surface area contributed by atoms with Crippen molar-refractivity contribution in [3.63, 3.8) is 0 Å². The minimum absolute atomic E-state index is 0.773. The summed E-state index contributed by atoms with van der Waals surface area (Å²) < 4.78 is 0. The molecule has 0 unspecified atom stereocenters. The summed E-state index contributed by atoms with van der Waals surface area (Å²) in [5, 5.41) is 3.29. The molecule has 0 atom stereocenters. The fourth-order valence-electron chi connectivity index (χ4n) is 1.78. The maximum Gasteiger partial charge on any atom is 0.130 e. The number of nitrogens with one attached hydrogen (secondary N) is 1.